The number of nitrogens with one attached hydrogen (secondary N) is 1. The van der Waals surface area contributed by atoms with E-state index >= 15 is 0 Å². The topological polar surface area (TPSA) is 70.7 Å². The Kier molecular flexibility index (Phi) is 6.88. The number of carbonyl (C=O) groups is 1. The van der Waals surface area contributed by atoms with Crippen molar-refractivity contribution in [2.75, 3.05) is 19.6 Å². The minimum absolute atomic E-state index is 0.156. The van der Waals surface area contributed by atoms with E-state index in [9.17, 15) is 18.0 Å². The molecule has 2 rings (SSSR count). The number of hydrogen-bond donors (Lipinski definition) is 2. The second kappa shape index (κ2) is 8.91. The maximum Gasteiger partial charge on any atom is 0.416 e. The van der Waals surface area contributed by atoms with Gasteiger partial charge in [-0.25, -0.2) is 4.99 Å². The van der Waals surface area contributed by atoms with E-state index in [1.807, 2.05) is 11.8 Å². The second-order valence-corrected chi connectivity index (χ2v) is 6.49. The fraction of sp³-hybridized carbons (Fsp3) is 0.556. The van der Waals surface area contributed by atoms with Gasteiger partial charge in [-0.15, -0.1) is 0 Å². The molecule has 8 heteroatoms. The first kappa shape index (κ1) is 20.1. The first-order chi connectivity index (χ1) is 12.3. The van der Waals surface area contributed by atoms with Crippen LogP contribution >= 0.6 is 0 Å². The van der Waals surface area contributed by atoms with Crippen molar-refractivity contribution in [3.05, 3.63) is 35.4 Å². The van der Waals surface area contributed by atoms with Gasteiger partial charge in [0.25, 0.3) is 0 Å². The molecule has 26 heavy (non-hydrogen) atoms. The standard InChI is InChI=1S/C18H25F3N4O/c1-2-23-17(25-8-4-6-14(12-25)10-16(22)26)24-11-13-5-3-7-15(9-13)18(19,20)21/h3,5,7,9,14H,2,4,6,8,10-12H2,1H3,(H2,22,26)(H,23,24). The molecule has 0 aromatic heterocycles. The summed E-state index contributed by atoms with van der Waals surface area (Å²) in [7, 11) is 0. The molecular weight excluding hydrogens is 345 g/mol. The Balaban J connectivity index is 2.10. The minimum atomic E-state index is -4.36. The molecule has 1 aliphatic rings. The number of rotatable bonds is 5. The van der Waals surface area contributed by atoms with Crippen molar-refractivity contribution in [1.82, 2.24) is 10.2 Å². The lowest BCUT2D eigenvalue weighted by Crippen LogP contribution is -2.47. The Hall–Kier alpha value is -2.25. The third-order valence-corrected chi connectivity index (χ3v) is 4.31. The van der Waals surface area contributed by atoms with Crippen molar-refractivity contribution in [2.45, 2.75) is 38.9 Å². The molecule has 0 aliphatic carbocycles. The molecule has 1 atom stereocenters. The molecule has 1 heterocycles. The highest BCUT2D eigenvalue weighted by Gasteiger charge is 2.30. The summed E-state index contributed by atoms with van der Waals surface area (Å²) in [4.78, 5) is 17.7. The van der Waals surface area contributed by atoms with Gasteiger partial charge >= 0.3 is 6.18 Å². The third kappa shape index (κ3) is 5.93. The zero-order chi connectivity index (χ0) is 19.2. The van der Waals surface area contributed by atoms with Crippen LogP contribution in [0.1, 0.15) is 37.3 Å². The molecule has 1 aromatic carbocycles. The number of nitrogens with zero attached hydrogens (tertiary/aromatic N) is 2. The number of likely N-dealkylation sites (tertiary alicyclic amines) is 1. The Bertz CT molecular complexity index is 646. The average Bonchev–Trinajstić information content (AvgIpc) is 2.58. The molecule has 144 valence electrons. The predicted octanol–water partition coefficient (Wildman–Crippen LogP) is 2.76. The van der Waals surface area contributed by atoms with Crippen LogP contribution < -0.4 is 11.1 Å². The highest BCUT2D eigenvalue weighted by atomic mass is 19.4. The lowest BCUT2D eigenvalue weighted by Gasteiger charge is -2.34. The smallest absolute Gasteiger partial charge is 0.370 e. The summed E-state index contributed by atoms with van der Waals surface area (Å²) in [5.41, 5.74) is 5.12. The van der Waals surface area contributed by atoms with Gasteiger partial charge in [-0.2, -0.15) is 13.2 Å². The average molecular weight is 370 g/mol. The molecule has 0 saturated carbocycles. The Labute approximate surface area is 151 Å². The second-order valence-electron chi connectivity index (χ2n) is 6.49. The quantitative estimate of drug-likeness (QED) is 0.618. The van der Waals surface area contributed by atoms with E-state index in [2.05, 4.69) is 10.3 Å². The molecule has 1 saturated heterocycles. The van der Waals surface area contributed by atoms with Crippen LogP contribution in [0.2, 0.25) is 0 Å². The van der Waals surface area contributed by atoms with E-state index in [4.69, 9.17) is 5.73 Å². The molecule has 1 aliphatic heterocycles. The van der Waals surface area contributed by atoms with Crippen LogP contribution in [-0.4, -0.2) is 36.4 Å². The Morgan fingerprint density at radius 1 is 1.42 bits per heavy atom. The summed E-state index contributed by atoms with van der Waals surface area (Å²) in [5.74, 6) is 0.514. The van der Waals surface area contributed by atoms with E-state index in [1.165, 1.54) is 6.07 Å². The number of nitrogens with two attached hydrogens (primary N) is 1. The SMILES string of the molecule is CCNC(=NCc1cccc(C(F)(F)F)c1)N1CCCC(CC(N)=O)C1. The van der Waals surface area contributed by atoms with Crippen molar-refractivity contribution in [3.63, 3.8) is 0 Å². The minimum Gasteiger partial charge on any atom is -0.370 e. The summed E-state index contributed by atoms with van der Waals surface area (Å²) in [5, 5.41) is 3.18. The molecule has 1 fully saturated rings. The van der Waals surface area contributed by atoms with E-state index in [0.717, 1.165) is 31.5 Å². The summed E-state index contributed by atoms with van der Waals surface area (Å²) >= 11 is 0. The first-order valence-corrected chi connectivity index (χ1v) is 8.77. The lowest BCUT2D eigenvalue weighted by molar-refractivity contribution is -0.137. The molecule has 1 unspecified atom stereocenters. The summed E-state index contributed by atoms with van der Waals surface area (Å²) in [6, 6.07) is 5.20. The lowest BCUT2D eigenvalue weighted by atomic mass is 9.95. The van der Waals surface area contributed by atoms with Crippen LogP contribution in [0.3, 0.4) is 0 Å². The van der Waals surface area contributed by atoms with Crippen molar-refractivity contribution in [2.24, 2.45) is 16.6 Å². The number of hydrogen-bond acceptors (Lipinski definition) is 2. The molecule has 1 aromatic rings. The van der Waals surface area contributed by atoms with Gasteiger partial charge in [0.05, 0.1) is 12.1 Å². The normalized spacial score (nSPS) is 18.7. The largest absolute Gasteiger partial charge is 0.416 e. The number of alkyl halides is 3. The van der Waals surface area contributed by atoms with Crippen LogP contribution in [-0.2, 0) is 17.5 Å². The molecule has 3 N–H and O–H groups in total. The maximum absolute atomic E-state index is 12.8. The van der Waals surface area contributed by atoms with Crippen LogP contribution in [0, 0.1) is 5.92 Å². The highest BCUT2D eigenvalue weighted by Crippen LogP contribution is 2.29. The number of guanidine groups is 1. The van der Waals surface area contributed by atoms with Crippen molar-refractivity contribution in [3.8, 4) is 0 Å². The van der Waals surface area contributed by atoms with Gasteiger partial charge in [0.1, 0.15) is 0 Å². The number of piperidine rings is 1. The van der Waals surface area contributed by atoms with E-state index in [-0.39, 0.29) is 18.4 Å². The van der Waals surface area contributed by atoms with Crippen molar-refractivity contribution >= 4 is 11.9 Å². The van der Waals surface area contributed by atoms with Gasteiger partial charge in [-0.3, -0.25) is 4.79 Å². The summed E-state index contributed by atoms with van der Waals surface area (Å²) in [6.45, 7) is 4.20. The monoisotopic (exact) mass is 370 g/mol. The van der Waals surface area contributed by atoms with Gasteiger partial charge in [0, 0.05) is 26.1 Å². The molecule has 1 amide bonds. The fourth-order valence-electron chi connectivity index (χ4n) is 3.15. The van der Waals surface area contributed by atoms with Crippen LogP contribution in [0.5, 0.6) is 0 Å². The van der Waals surface area contributed by atoms with Gasteiger partial charge < -0.3 is 16.0 Å². The predicted molar refractivity (Wildman–Crippen MR) is 94.4 cm³/mol. The Morgan fingerprint density at radius 2 is 2.19 bits per heavy atom. The van der Waals surface area contributed by atoms with Gasteiger partial charge in [0.2, 0.25) is 5.91 Å². The van der Waals surface area contributed by atoms with E-state index < -0.39 is 11.7 Å². The van der Waals surface area contributed by atoms with Crippen molar-refractivity contribution in [1.29, 1.82) is 0 Å². The highest BCUT2D eigenvalue weighted by molar-refractivity contribution is 5.80. The van der Waals surface area contributed by atoms with Crippen molar-refractivity contribution < 1.29 is 18.0 Å². The molecule has 0 spiro atoms. The third-order valence-electron chi connectivity index (χ3n) is 4.31. The summed E-state index contributed by atoms with van der Waals surface area (Å²) < 4.78 is 38.5. The number of halogens is 3. The fourth-order valence-corrected chi connectivity index (χ4v) is 3.15. The number of aliphatic imine (C=N–C) groups is 1. The zero-order valence-corrected chi connectivity index (χ0v) is 14.9. The van der Waals surface area contributed by atoms with Crippen LogP contribution in [0.4, 0.5) is 13.2 Å². The van der Waals surface area contributed by atoms with E-state index in [0.29, 0.717) is 31.0 Å². The maximum atomic E-state index is 12.8. The molecule has 5 nitrogen and oxygen atoms in total. The number of primary amides is 1. The van der Waals surface area contributed by atoms with Gasteiger partial charge in [-0.1, -0.05) is 12.1 Å². The number of benzene rings is 1. The zero-order valence-electron chi connectivity index (χ0n) is 14.9. The number of carbonyl (C=O) groups excluding carboxylic acids is 1. The molecule has 0 radical (unpaired) electrons. The first-order valence-electron chi connectivity index (χ1n) is 8.77. The van der Waals surface area contributed by atoms with Crippen LogP contribution in [0.15, 0.2) is 29.3 Å². The van der Waals surface area contributed by atoms with Crippen LogP contribution in [0.25, 0.3) is 0 Å². The molecule has 0 bridgehead atoms. The Morgan fingerprint density at radius 3 is 2.85 bits per heavy atom. The molecular formula is C18H25F3N4O. The van der Waals surface area contributed by atoms with Gasteiger partial charge in [-0.05, 0) is 43.4 Å². The van der Waals surface area contributed by atoms with E-state index in [1.54, 1.807) is 6.07 Å². The van der Waals surface area contributed by atoms with Gasteiger partial charge in [0.15, 0.2) is 5.96 Å². The summed E-state index contributed by atoms with van der Waals surface area (Å²) in [6.07, 6.45) is -2.17. The number of amides is 1.